The fourth-order valence-electron chi connectivity index (χ4n) is 3.43. The van der Waals surface area contributed by atoms with Crippen LogP contribution in [0.25, 0.3) is 10.9 Å². The Labute approximate surface area is 197 Å². The first-order valence-corrected chi connectivity index (χ1v) is 11.0. The number of amides is 1. The van der Waals surface area contributed by atoms with E-state index in [0.717, 1.165) is 36.3 Å². The highest BCUT2D eigenvalue weighted by atomic mass is 35.5. The summed E-state index contributed by atoms with van der Waals surface area (Å²) >= 11 is 5.77. The molecule has 0 atom stereocenters. The number of ether oxygens (including phenoxy) is 1. The van der Waals surface area contributed by atoms with Crippen molar-refractivity contribution in [3.05, 3.63) is 65.7 Å². The summed E-state index contributed by atoms with van der Waals surface area (Å²) in [5.74, 6) is 0.522. The number of piperidine rings is 1. The number of likely N-dealkylation sites (tertiary alicyclic amines) is 1. The molecule has 1 aromatic heterocycles. The second kappa shape index (κ2) is 12.1. The molecule has 7 nitrogen and oxygen atoms in total. The van der Waals surface area contributed by atoms with E-state index in [9.17, 15) is 9.18 Å². The summed E-state index contributed by atoms with van der Waals surface area (Å²) in [7, 11) is 1.60. The molecule has 33 heavy (non-hydrogen) atoms. The van der Waals surface area contributed by atoms with E-state index in [1.165, 1.54) is 43.8 Å². The van der Waals surface area contributed by atoms with E-state index < -0.39 is 5.82 Å². The van der Waals surface area contributed by atoms with Crippen LogP contribution in [0, 0.1) is 5.82 Å². The van der Waals surface area contributed by atoms with Crippen LogP contribution in [-0.2, 0) is 4.79 Å². The first-order chi connectivity index (χ1) is 16.0. The molecule has 0 aliphatic carbocycles. The molecule has 0 bridgehead atoms. The Bertz CT molecular complexity index is 1120. The highest BCUT2D eigenvalue weighted by molar-refractivity contribution is 6.31. The van der Waals surface area contributed by atoms with Crippen molar-refractivity contribution in [1.82, 2.24) is 14.9 Å². The van der Waals surface area contributed by atoms with E-state index in [1.807, 2.05) is 24.3 Å². The SMILES string of the molecule is COc1ccc2c(Nc3ccc(F)c(Cl)c3)ncnc2c1.NC(=O)/C=C/CN1CCCCC1. The van der Waals surface area contributed by atoms with Gasteiger partial charge in [0.05, 0.1) is 17.6 Å². The lowest BCUT2D eigenvalue weighted by Gasteiger charge is -2.24. The molecule has 1 amide bonds. The van der Waals surface area contributed by atoms with Crippen molar-refractivity contribution in [3.8, 4) is 5.75 Å². The summed E-state index contributed by atoms with van der Waals surface area (Å²) in [4.78, 5) is 21.1. The van der Waals surface area contributed by atoms with Gasteiger partial charge >= 0.3 is 0 Å². The number of hydrogen-bond donors (Lipinski definition) is 2. The zero-order valence-corrected chi connectivity index (χ0v) is 19.2. The van der Waals surface area contributed by atoms with Crippen LogP contribution in [0.3, 0.4) is 0 Å². The molecule has 1 aliphatic heterocycles. The summed E-state index contributed by atoms with van der Waals surface area (Å²) in [5.41, 5.74) is 6.36. The number of rotatable bonds is 6. The molecular formula is C24H27ClFN5O2. The lowest BCUT2D eigenvalue weighted by Crippen LogP contribution is -2.29. The van der Waals surface area contributed by atoms with Gasteiger partial charge in [-0.25, -0.2) is 14.4 Å². The fraction of sp³-hybridized carbons (Fsp3) is 0.292. The number of nitrogens with one attached hydrogen (secondary N) is 1. The third kappa shape index (κ3) is 7.40. The number of carbonyl (C=O) groups excluding carboxylic acids is 1. The minimum Gasteiger partial charge on any atom is -0.497 e. The number of methoxy groups -OCH3 is 1. The van der Waals surface area contributed by atoms with Crippen molar-refractivity contribution in [1.29, 1.82) is 0 Å². The van der Waals surface area contributed by atoms with Crippen molar-refractivity contribution in [2.24, 2.45) is 5.73 Å². The molecule has 4 rings (SSSR count). The second-order valence-corrected chi connectivity index (χ2v) is 7.93. The predicted octanol–water partition coefficient (Wildman–Crippen LogP) is 4.69. The molecule has 3 N–H and O–H groups in total. The van der Waals surface area contributed by atoms with Crippen LogP contribution in [0.4, 0.5) is 15.9 Å². The number of hydrogen-bond acceptors (Lipinski definition) is 6. The van der Waals surface area contributed by atoms with Crippen molar-refractivity contribution >= 4 is 39.9 Å². The Morgan fingerprint density at radius 1 is 1.21 bits per heavy atom. The molecule has 3 aromatic rings. The van der Waals surface area contributed by atoms with Gasteiger partial charge in [-0.2, -0.15) is 0 Å². The molecule has 0 spiro atoms. The van der Waals surface area contributed by atoms with Crippen LogP contribution in [0.1, 0.15) is 19.3 Å². The highest BCUT2D eigenvalue weighted by Gasteiger charge is 2.08. The minimum absolute atomic E-state index is 0.0556. The van der Waals surface area contributed by atoms with Gasteiger partial charge in [0, 0.05) is 23.7 Å². The highest BCUT2D eigenvalue weighted by Crippen LogP contribution is 2.27. The number of carbonyl (C=O) groups is 1. The van der Waals surface area contributed by atoms with Crippen LogP contribution < -0.4 is 15.8 Å². The van der Waals surface area contributed by atoms with E-state index >= 15 is 0 Å². The quantitative estimate of drug-likeness (QED) is 0.506. The van der Waals surface area contributed by atoms with Crippen LogP contribution in [0.2, 0.25) is 5.02 Å². The first-order valence-electron chi connectivity index (χ1n) is 10.7. The van der Waals surface area contributed by atoms with E-state index in [-0.39, 0.29) is 10.9 Å². The van der Waals surface area contributed by atoms with Gasteiger partial charge in [-0.1, -0.05) is 24.1 Å². The topological polar surface area (TPSA) is 93.4 Å². The number of aromatic nitrogens is 2. The molecular weight excluding hydrogens is 445 g/mol. The van der Waals surface area contributed by atoms with Crippen LogP contribution in [-0.4, -0.2) is 47.5 Å². The Hall–Kier alpha value is -3.23. The van der Waals surface area contributed by atoms with Gasteiger partial charge in [-0.05, 0) is 62.3 Å². The molecule has 0 unspecified atom stereocenters. The molecule has 1 aliphatic rings. The lowest BCUT2D eigenvalue weighted by molar-refractivity contribution is -0.113. The summed E-state index contributed by atoms with van der Waals surface area (Å²) < 4.78 is 18.3. The fourth-order valence-corrected chi connectivity index (χ4v) is 3.61. The standard InChI is InChI=1S/C15H11ClFN3O.C9H16N2O/c1-21-10-3-4-11-14(7-10)18-8-19-15(11)20-9-2-5-13(17)12(16)6-9;10-9(12)5-4-8-11-6-2-1-3-7-11/h2-8H,1H3,(H,18,19,20);4-5H,1-3,6-8H2,(H2,10,12)/b;5-4+. The Morgan fingerprint density at radius 3 is 2.70 bits per heavy atom. The smallest absolute Gasteiger partial charge is 0.241 e. The number of primary amides is 1. The van der Waals surface area contributed by atoms with Crippen molar-refractivity contribution in [3.63, 3.8) is 0 Å². The Morgan fingerprint density at radius 2 is 2.00 bits per heavy atom. The summed E-state index contributed by atoms with van der Waals surface area (Å²) in [5, 5.41) is 4.00. The van der Waals surface area contributed by atoms with E-state index in [2.05, 4.69) is 20.2 Å². The van der Waals surface area contributed by atoms with Gasteiger partial charge in [0.25, 0.3) is 0 Å². The minimum atomic E-state index is -0.459. The summed E-state index contributed by atoms with van der Waals surface area (Å²) in [6.07, 6.45) is 8.64. The normalized spacial score (nSPS) is 14.0. The zero-order chi connectivity index (χ0) is 23.6. The average molecular weight is 472 g/mol. The van der Waals surface area contributed by atoms with E-state index in [4.69, 9.17) is 22.1 Å². The van der Waals surface area contributed by atoms with Gasteiger partial charge in [0.15, 0.2) is 0 Å². The van der Waals surface area contributed by atoms with E-state index in [0.29, 0.717) is 11.5 Å². The second-order valence-electron chi connectivity index (χ2n) is 7.53. The Balaban J connectivity index is 0.000000218. The van der Waals surface area contributed by atoms with Crippen molar-refractivity contribution in [2.45, 2.75) is 19.3 Å². The number of anilines is 2. The van der Waals surface area contributed by atoms with Gasteiger partial charge in [0.1, 0.15) is 23.7 Å². The van der Waals surface area contributed by atoms with Gasteiger partial charge in [-0.15, -0.1) is 0 Å². The third-order valence-electron chi connectivity index (χ3n) is 5.12. The maximum absolute atomic E-state index is 13.2. The van der Waals surface area contributed by atoms with Crippen LogP contribution in [0.15, 0.2) is 54.9 Å². The third-order valence-corrected chi connectivity index (χ3v) is 5.41. The molecule has 0 saturated carbocycles. The van der Waals surface area contributed by atoms with Gasteiger partial charge < -0.3 is 15.8 Å². The largest absolute Gasteiger partial charge is 0.497 e. The number of fused-ring (bicyclic) bond motifs is 1. The number of nitrogens with zero attached hydrogens (tertiary/aromatic N) is 3. The van der Waals surface area contributed by atoms with Crippen LogP contribution in [0.5, 0.6) is 5.75 Å². The van der Waals surface area contributed by atoms with Crippen molar-refractivity contribution < 1.29 is 13.9 Å². The van der Waals surface area contributed by atoms with E-state index in [1.54, 1.807) is 13.2 Å². The molecule has 9 heteroatoms. The first kappa shape index (κ1) is 24.4. The molecule has 2 heterocycles. The monoisotopic (exact) mass is 471 g/mol. The number of nitrogens with two attached hydrogens (primary N) is 1. The molecule has 1 saturated heterocycles. The predicted molar refractivity (Wildman–Crippen MR) is 129 cm³/mol. The molecule has 0 radical (unpaired) electrons. The lowest BCUT2D eigenvalue weighted by atomic mass is 10.1. The van der Waals surface area contributed by atoms with Crippen LogP contribution >= 0.6 is 11.6 Å². The zero-order valence-electron chi connectivity index (χ0n) is 18.4. The van der Waals surface area contributed by atoms with Gasteiger partial charge in [0.2, 0.25) is 5.91 Å². The maximum Gasteiger partial charge on any atom is 0.241 e. The molecule has 2 aromatic carbocycles. The Kier molecular flexibility index (Phi) is 8.97. The van der Waals surface area contributed by atoms with Gasteiger partial charge in [-0.3, -0.25) is 9.69 Å². The van der Waals surface area contributed by atoms with Crippen molar-refractivity contribution in [2.75, 3.05) is 32.1 Å². The summed E-state index contributed by atoms with van der Waals surface area (Å²) in [6, 6.07) is 9.92. The average Bonchev–Trinajstić information content (AvgIpc) is 2.82. The number of halogens is 2. The summed E-state index contributed by atoms with van der Waals surface area (Å²) in [6.45, 7) is 3.18. The maximum atomic E-state index is 13.2. The molecule has 174 valence electrons. The number of benzene rings is 2. The molecule has 1 fully saturated rings.